The maximum atomic E-state index is 12.4. The van der Waals surface area contributed by atoms with Crippen molar-refractivity contribution in [1.82, 2.24) is 5.32 Å². The Bertz CT molecular complexity index is 854. The summed E-state index contributed by atoms with van der Waals surface area (Å²) in [5.74, 6) is 0.00685. The quantitative estimate of drug-likeness (QED) is 0.164. The number of nitrogens with zero attached hydrogens (tertiary/aromatic N) is 1. The van der Waals surface area contributed by atoms with Gasteiger partial charge in [-0.25, -0.2) is 4.79 Å². The number of carbonyl (C=O) groups excluding carboxylic acids is 2. The van der Waals surface area contributed by atoms with Crippen LogP contribution in [-0.2, 0) is 11.3 Å². The second kappa shape index (κ2) is 11.0. The van der Waals surface area contributed by atoms with E-state index in [0.29, 0.717) is 22.7 Å². The summed E-state index contributed by atoms with van der Waals surface area (Å²) in [7, 11) is 0. The lowest BCUT2D eigenvalue weighted by atomic mass is 10.0. The summed E-state index contributed by atoms with van der Waals surface area (Å²) in [6.45, 7) is 1.26. The van der Waals surface area contributed by atoms with Gasteiger partial charge in [-0.3, -0.25) is 4.79 Å². The van der Waals surface area contributed by atoms with Crippen LogP contribution < -0.4 is 16.4 Å². The van der Waals surface area contributed by atoms with Crippen molar-refractivity contribution in [1.29, 1.82) is 0 Å². The third kappa shape index (κ3) is 7.44. The Hall–Kier alpha value is -3.10. The van der Waals surface area contributed by atoms with Gasteiger partial charge < -0.3 is 26.3 Å². The highest BCUT2D eigenvalue weighted by atomic mass is 35.5. The predicted octanol–water partition coefficient (Wildman–Crippen LogP) is 2.56. The van der Waals surface area contributed by atoms with Crippen LogP contribution in [0.3, 0.4) is 0 Å². The van der Waals surface area contributed by atoms with Crippen LogP contribution in [0.25, 0.3) is 0 Å². The maximum absolute atomic E-state index is 12.4. The topological polar surface area (TPSA) is 126 Å². The first kappa shape index (κ1) is 22.2. The standard InChI is InChI=1S/C20H23ClN4O4/c1-13(27)15-4-2-14(3-5-15)12-18(19(22)25-29-11-10-26)24-20(28)23-17-8-6-16(21)7-9-17/h2-9,18,26H,10-12H2,1H3,(H2,22,25)(H2,23,24,28). The summed E-state index contributed by atoms with van der Waals surface area (Å²) >= 11 is 5.84. The number of carbonyl (C=O) groups is 2. The van der Waals surface area contributed by atoms with Crippen molar-refractivity contribution >= 4 is 34.9 Å². The third-order valence-corrected chi connectivity index (χ3v) is 4.17. The van der Waals surface area contributed by atoms with E-state index >= 15 is 0 Å². The van der Waals surface area contributed by atoms with Crippen LogP contribution in [0.1, 0.15) is 22.8 Å². The zero-order chi connectivity index (χ0) is 21.2. The Morgan fingerprint density at radius 1 is 1.17 bits per heavy atom. The number of aliphatic hydroxyl groups is 1. The molecule has 154 valence electrons. The second-order valence-electron chi connectivity index (χ2n) is 6.19. The number of hydrogen-bond donors (Lipinski definition) is 4. The van der Waals surface area contributed by atoms with Gasteiger partial charge in [0.15, 0.2) is 11.6 Å². The molecule has 2 rings (SSSR count). The lowest BCUT2D eigenvalue weighted by molar-refractivity contribution is 0.0975. The van der Waals surface area contributed by atoms with Gasteiger partial charge in [-0.15, -0.1) is 0 Å². The Morgan fingerprint density at radius 3 is 2.41 bits per heavy atom. The number of Topliss-reactive ketones (excluding diaryl/α,β-unsaturated/α-hetero) is 1. The maximum Gasteiger partial charge on any atom is 0.319 e. The van der Waals surface area contributed by atoms with Crippen molar-refractivity contribution in [2.45, 2.75) is 19.4 Å². The molecule has 0 bridgehead atoms. The van der Waals surface area contributed by atoms with E-state index in [2.05, 4.69) is 15.8 Å². The molecule has 2 aromatic carbocycles. The van der Waals surface area contributed by atoms with Crippen LogP contribution in [0.2, 0.25) is 5.02 Å². The number of rotatable bonds is 9. The molecule has 29 heavy (non-hydrogen) atoms. The molecule has 0 saturated carbocycles. The molecule has 9 heteroatoms. The molecule has 0 heterocycles. The zero-order valence-corrected chi connectivity index (χ0v) is 16.6. The second-order valence-corrected chi connectivity index (χ2v) is 6.62. The minimum atomic E-state index is -0.677. The van der Waals surface area contributed by atoms with E-state index in [1.165, 1.54) is 6.92 Å². The van der Waals surface area contributed by atoms with E-state index in [1.54, 1.807) is 48.5 Å². The molecule has 0 radical (unpaired) electrons. The Kier molecular flexibility index (Phi) is 8.45. The lowest BCUT2D eigenvalue weighted by Crippen LogP contribution is -2.47. The molecule has 2 amide bonds. The van der Waals surface area contributed by atoms with Gasteiger partial charge in [0.2, 0.25) is 0 Å². The highest BCUT2D eigenvalue weighted by Crippen LogP contribution is 2.13. The normalized spacial score (nSPS) is 12.2. The van der Waals surface area contributed by atoms with Crippen molar-refractivity contribution in [2.75, 3.05) is 18.5 Å². The Balaban J connectivity index is 2.10. The van der Waals surface area contributed by atoms with Gasteiger partial charge in [-0.2, -0.15) is 0 Å². The number of anilines is 1. The van der Waals surface area contributed by atoms with Gasteiger partial charge in [0.05, 0.1) is 12.6 Å². The van der Waals surface area contributed by atoms with Gasteiger partial charge in [0.25, 0.3) is 0 Å². The molecular weight excluding hydrogens is 396 g/mol. The molecule has 1 unspecified atom stereocenters. The largest absolute Gasteiger partial charge is 0.393 e. The highest BCUT2D eigenvalue weighted by molar-refractivity contribution is 6.30. The summed E-state index contributed by atoms with van der Waals surface area (Å²) in [5, 5.41) is 18.5. The fourth-order valence-corrected chi connectivity index (χ4v) is 2.55. The van der Waals surface area contributed by atoms with Crippen molar-refractivity contribution < 1.29 is 19.5 Å². The summed E-state index contributed by atoms with van der Waals surface area (Å²) in [6, 6.07) is 12.5. The fraction of sp³-hybridized carbons (Fsp3) is 0.250. The van der Waals surface area contributed by atoms with Gasteiger partial charge >= 0.3 is 6.03 Å². The number of nitrogens with two attached hydrogens (primary N) is 1. The van der Waals surface area contributed by atoms with Crippen LogP contribution in [0, 0.1) is 0 Å². The molecule has 0 spiro atoms. The molecule has 0 fully saturated rings. The van der Waals surface area contributed by atoms with Crippen LogP contribution in [0.5, 0.6) is 0 Å². The molecular formula is C20H23ClN4O4. The first-order chi connectivity index (χ1) is 13.9. The molecule has 0 aliphatic carbocycles. The van der Waals surface area contributed by atoms with Crippen LogP contribution in [0.4, 0.5) is 10.5 Å². The summed E-state index contributed by atoms with van der Waals surface area (Å²) in [4.78, 5) is 28.7. The van der Waals surface area contributed by atoms with Crippen LogP contribution in [-0.4, -0.2) is 42.0 Å². The highest BCUT2D eigenvalue weighted by Gasteiger charge is 2.18. The molecule has 0 saturated heterocycles. The Morgan fingerprint density at radius 2 is 1.83 bits per heavy atom. The molecule has 1 atom stereocenters. The number of amidine groups is 1. The number of benzene rings is 2. The van der Waals surface area contributed by atoms with Crippen molar-refractivity contribution in [3.8, 4) is 0 Å². The van der Waals surface area contributed by atoms with E-state index in [9.17, 15) is 9.59 Å². The molecule has 2 aromatic rings. The number of ketones is 1. The van der Waals surface area contributed by atoms with E-state index in [-0.39, 0.29) is 24.8 Å². The third-order valence-electron chi connectivity index (χ3n) is 3.92. The average molecular weight is 419 g/mol. The molecule has 0 aromatic heterocycles. The number of oxime groups is 1. The number of hydrogen-bond acceptors (Lipinski definition) is 5. The lowest BCUT2D eigenvalue weighted by Gasteiger charge is -2.19. The van der Waals surface area contributed by atoms with Gasteiger partial charge in [0.1, 0.15) is 6.61 Å². The number of halogens is 1. The monoisotopic (exact) mass is 418 g/mol. The predicted molar refractivity (Wildman–Crippen MR) is 112 cm³/mol. The van der Waals surface area contributed by atoms with Gasteiger partial charge in [-0.1, -0.05) is 41.0 Å². The number of aliphatic hydroxyl groups excluding tert-OH is 1. The summed E-state index contributed by atoms with van der Waals surface area (Å²) < 4.78 is 0. The molecule has 5 N–H and O–H groups in total. The fourth-order valence-electron chi connectivity index (χ4n) is 2.42. The number of urea groups is 1. The minimum absolute atomic E-state index is 0.0162. The van der Waals surface area contributed by atoms with Crippen molar-refractivity contribution in [3.63, 3.8) is 0 Å². The Labute approximate surface area is 173 Å². The van der Waals surface area contributed by atoms with Crippen LogP contribution >= 0.6 is 11.6 Å². The number of amides is 2. The molecule has 0 aliphatic rings. The van der Waals surface area contributed by atoms with Crippen molar-refractivity contribution in [3.05, 3.63) is 64.7 Å². The van der Waals surface area contributed by atoms with Crippen molar-refractivity contribution in [2.24, 2.45) is 10.9 Å². The first-order valence-electron chi connectivity index (χ1n) is 8.88. The smallest absolute Gasteiger partial charge is 0.319 e. The van der Waals surface area contributed by atoms with Crippen LogP contribution in [0.15, 0.2) is 53.7 Å². The van der Waals surface area contributed by atoms with Gasteiger partial charge in [0, 0.05) is 22.7 Å². The van der Waals surface area contributed by atoms with Gasteiger partial charge in [-0.05, 0) is 36.8 Å². The SMILES string of the molecule is CC(=O)c1ccc(CC(NC(=O)Nc2ccc(Cl)cc2)/C(N)=N/OCCO)cc1. The first-order valence-corrected chi connectivity index (χ1v) is 9.26. The summed E-state index contributed by atoms with van der Waals surface area (Å²) in [6.07, 6.45) is 0.323. The van der Waals surface area contributed by atoms with E-state index < -0.39 is 12.1 Å². The number of nitrogens with one attached hydrogen (secondary N) is 2. The van der Waals surface area contributed by atoms with E-state index in [4.69, 9.17) is 27.3 Å². The van der Waals surface area contributed by atoms with E-state index in [1.807, 2.05) is 0 Å². The van der Waals surface area contributed by atoms with E-state index in [0.717, 1.165) is 5.56 Å². The molecule has 8 nitrogen and oxygen atoms in total. The summed E-state index contributed by atoms with van der Waals surface area (Å²) in [5.41, 5.74) is 7.96. The minimum Gasteiger partial charge on any atom is -0.393 e. The molecule has 0 aliphatic heterocycles. The zero-order valence-electron chi connectivity index (χ0n) is 15.9. The average Bonchev–Trinajstić information content (AvgIpc) is 2.69.